The SMILES string of the molecule is CC1(C)[C@H](NC(=O)/C(=N\OCc2cc(=O)c(O)cn2O)c2nsc(N)n2)C(=O)N1S(=O)(=O)O. The molecule has 3 heterocycles. The highest BCUT2D eigenvalue weighted by Gasteiger charge is 2.60. The number of β-lactam (4-membered cyclic amide) rings is 1. The van der Waals surface area contributed by atoms with E-state index < -0.39 is 57.2 Å². The van der Waals surface area contributed by atoms with Crippen LogP contribution in [0.5, 0.6) is 5.75 Å². The van der Waals surface area contributed by atoms with Gasteiger partial charge in [0.05, 0.1) is 11.7 Å². The Kier molecular flexibility index (Phi) is 6.00. The summed E-state index contributed by atoms with van der Waals surface area (Å²) >= 11 is 0.728. The average molecular weight is 503 g/mol. The molecule has 33 heavy (non-hydrogen) atoms. The fraction of sp³-hybridized carbons (Fsp3) is 0.333. The van der Waals surface area contributed by atoms with Crippen LogP contribution in [0.4, 0.5) is 5.13 Å². The molecule has 0 radical (unpaired) electrons. The largest absolute Gasteiger partial charge is 0.503 e. The van der Waals surface area contributed by atoms with Gasteiger partial charge in [-0.3, -0.25) is 18.9 Å². The predicted octanol–water partition coefficient (Wildman–Crippen LogP) is -1.95. The minimum atomic E-state index is -4.85. The van der Waals surface area contributed by atoms with Gasteiger partial charge in [-0.15, -0.1) is 0 Å². The number of carbonyl (C=O) groups is 2. The van der Waals surface area contributed by atoms with Gasteiger partial charge < -0.3 is 26.2 Å². The third-order valence-electron chi connectivity index (χ3n) is 4.51. The van der Waals surface area contributed by atoms with Crippen molar-refractivity contribution in [2.45, 2.75) is 32.0 Å². The highest BCUT2D eigenvalue weighted by atomic mass is 32.2. The molecular formula is C15H17N7O9S2. The van der Waals surface area contributed by atoms with Crippen molar-refractivity contribution in [1.29, 1.82) is 0 Å². The lowest BCUT2D eigenvalue weighted by Crippen LogP contribution is -2.77. The predicted molar refractivity (Wildman–Crippen MR) is 110 cm³/mol. The maximum atomic E-state index is 12.8. The molecule has 178 valence electrons. The van der Waals surface area contributed by atoms with E-state index in [4.69, 9.17) is 10.6 Å². The molecule has 1 atom stereocenters. The standard InChI is InChI=1S/C15H17N7O9S2/c1-15(2)10(13(26)22(15)33(28,29)30)17-12(25)9(11-18-14(16)32-20-11)19-31-5-6-3-7(23)8(24)4-21(6)27/h3-4,10,24,27H,5H2,1-2H3,(H,17,25)(H2,16,18,20)(H,28,29,30)/b19-9-/t10-/m1/s1. The van der Waals surface area contributed by atoms with Crippen LogP contribution in [-0.4, -0.2) is 70.8 Å². The van der Waals surface area contributed by atoms with Gasteiger partial charge in [0.25, 0.3) is 11.8 Å². The second kappa shape index (κ2) is 8.30. The topological polar surface area (TPSA) is 240 Å². The van der Waals surface area contributed by atoms with Crippen molar-refractivity contribution >= 4 is 44.5 Å². The van der Waals surface area contributed by atoms with E-state index in [2.05, 4.69) is 19.8 Å². The maximum Gasteiger partial charge on any atom is 0.362 e. The van der Waals surface area contributed by atoms with E-state index in [1.54, 1.807) is 0 Å². The number of pyridine rings is 1. The summed E-state index contributed by atoms with van der Waals surface area (Å²) in [6.07, 6.45) is 0.728. The van der Waals surface area contributed by atoms with E-state index in [1.165, 1.54) is 13.8 Å². The molecular weight excluding hydrogens is 486 g/mol. The zero-order valence-electron chi connectivity index (χ0n) is 16.9. The van der Waals surface area contributed by atoms with Gasteiger partial charge in [0.15, 0.2) is 17.5 Å². The third-order valence-corrected chi connectivity index (χ3v) is 6.16. The molecule has 18 heteroatoms. The van der Waals surface area contributed by atoms with Crippen molar-refractivity contribution in [2.75, 3.05) is 5.73 Å². The Balaban J connectivity index is 1.83. The van der Waals surface area contributed by atoms with Crippen LogP contribution in [0.2, 0.25) is 0 Å². The Hall–Kier alpha value is -3.77. The lowest BCUT2D eigenvalue weighted by molar-refractivity contribution is -0.151. The molecule has 1 saturated heterocycles. The number of anilines is 1. The lowest BCUT2D eigenvalue weighted by atomic mass is 9.85. The van der Waals surface area contributed by atoms with E-state index in [0.717, 1.165) is 23.8 Å². The van der Waals surface area contributed by atoms with E-state index >= 15 is 0 Å². The number of carbonyl (C=O) groups excluding carboxylic acids is 2. The molecule has 1 aliphatic heterocycles. The number of amides is 2. The Bertz CT molecular complexity index is 1320. The molecule has 16 nitrogen and oxygen atoms in total. The number of nitrogens with one attached hydrogen (secondary N) is 1. The number of oxime groups is 1. The molecule has 0 unspecified atom stereocenters. The van der Waals surface area contributed by atoms with Crippen LogP contribution >= 0.6 is 11.5 Å². The van der Waals surface area contributed by atoms with Crippen LogP contribution in [0.1, 0.15) is 25.4 Å². The second-order valence-corrected chi connectivity index (χ2v) is 9.21. The van der Waals surface area contributed by atoms with Crippen LogP contribution in [-0.2, 0) is 31.3 Å². The highest BCUT2D eigenvalue weighted by Crippen LogP contribution is 2.34. The number of nitrogens with two attached hydrogens (primary N) is 1. The van der Waals surface area contributed by atoms with Crippen LogP contribution in [0.3, 0.4) is 0 Å². The smallest absolute Gasteiger partial charge is 0.362 e. The maximum absolute atomic E-state index is 12.8. The van der Waals surface area contributed by atoms with Gasteiger partial charge in [0.2, 0.25) is 17.0 Å². The van der Waals surface area contributed by atoms with Gasteiger partial charge in [-0.05, 0) is 13.8 Å². The summed E-state index contributed by atoms with van der Waals surface area (Å²) in [4.78, 5) is 45.3. The van der Waals surface area contributed by atoms with E-state index in [0.29, 0.717) is 4.73 Å². The van der Waals surface area contributed by atoms with E-state index in [1.807, 2.05) is 0 Å². The van der Waals surface area contributed by atoms with Crippen LogP contribution in [0.15, 0.2) is 22.2 Å². The Morgan fingerprint density at radius 2 is 2.09 bits per heavy atom. The molecule has 0 spiro atoms. The molecule has 1 aliphatic rings. The molecule has 0 saturated carbocycles. The summed E-state index contributed by atoms with van der Waals surface area (Å²) in [7, 11) is -4.85. The summed E-state index contributed by atoms with van der Waals surface area (Å²) in [5.74, 6) is -3.12. The molecule has 6 N–H and O–H groups in total. The molecule has 2 aromatic rings. The molecule has 0 aromatic carbocycles. The quantitative estimate of drug-likeness (QED) is 0.0911. The number of aromatic hydroxyl groups is 1. The monoisotopic (exact) mass is 503 g/mol. The van der Waals surface area contributed by atoms with Crippen molar-refractivity contribution in [3.8, 4) is 5.75 Å². The van der Waals surface area contributed by atoms with Crippen molar-refractivity contribution < 1.29 is 37.7 Å². The third kappa shape index (κ3) is 4.56. The van der Waals surface area contributed by atoms with E-state index in [-0.39, 0.29) is 21.0 Å². The minimum Gasteiger partial charge on any atom is -0.503 e. The molecule has 2 amide bonds. The lowest BCUT2D eigenvalue weighted by Gasteiger charge is -2.50. The van der Waals surface area contributed by atoms with Crippen molar-refractivity contribution in [1.82, 2.24) is 23.7 Å². The fourth-order valence-corrected chi connectivity index (χ4v) is 4.41. The van der Waals surface area contributed by atoms with Crippen LogP contribution < -0.4 is 16.5 Å². The summed E-state index contributed by atoms with van der Waals surface area (Å²) in [6, 6.07) is -0.490. The van der Waals surface area contributed by atoms with Crippen LogP contribution in [0, 0.1) is 0 Å². The van der Waals surface area contributed by atoms with Gasteiger partial charge in [-0.2, -0.15) is 22.5 Å². The summed E-state index contributed by atoms with van der Waals surface area (Å²) in [6.45, 7) is 2.06. The van der Waals surface area contributed by atoms with Crippen molar-refractivity contribution in [3.05, 3.63) is 34.0 Å². The minimum absolute atomic E-state index is 0.0224. The highest BCUT2D eigenvalue weighted by molar-refractivity contribution is 7.84. The zero-order valence-corrected chi connectivity index (χ0v) is 18.5. The average Bonchev–Trinajstić information content (AvgIpc) is 3.11. The number of hydrogen-bond acceptors (Lipinski definition) is 13. The fourth-order valence-electron chi connectivity index (χ4n) is 2.94. The second-order valence-electron chi connectivity index (χ2n) is 7.17. The zero-order chi connectivity index (χ0) is 24.7. The number of nitrogen functional groups attached to an aromatic ring is 1. The first-order valence-electron chi connectivity index (χ1n) is 8.79. The number of hydrogen-bond donors (Lipinski definition) is 5. The van der Waals surface area contributed by atoms with Gasteiger partial charge in [-0.25, -0.2) is 4.31 Å². The summed E-state index contributed by atoms with van der Waals surface area (Å²) in [5, 5.41) is 24.8. The van der Waals surface area contributed by atoms with Crippen molar-refractivity contribution in [2.24, 2.45) is 5.16 Å². The Morgan fingerprint density at radius 3 is 2.64 bits per heavy atom. The van der Waals surface area contributed by atoms with Gasteiger partial charge in [-0.1, -0.05) is 5.16 Å². The molecule has 3 rings (SSSR count). The summed E-state index contributed by atoms with van der Waals surface area (Å²) < 4.78 is 36.4. The molecule has 0 bridgehead atoms. The number of aromatic nitrogens is 3. The first-order chi connectivity index (χ1) is 15.2. The van der Waals surface area contributed by atoms with E-state index in [9.17, 15) is 37.7 Å². The number of nitrogens with zero attached hydrogens (tertiary/aromatic N) is 5. The first kappa shape index (κ1) is 23.9. The normalized spacial score (nSPS) is 18.0. The van der Waals surface area contributed by atoms with Gasteiger partial charge >= 0.3 is 10.3 Å². The summed E-state index contributed by atoms with van der Waals surface area (Å²) in [5.41, 5.74) is 2.54. The Labute approximate surface area is 188 Å². The molecule has 0 aliphatic carbocycles. The van der Waals surface area contributed by atoms with Crippen LogP contribution in [0.25, 0.3) is 0 Å². The molecule has 1 fully saturated rings. The number of rotatable bonds is 7. The first-order valence-corrected chi connectivity index (χ1v) is 11.0. The Morgan fingerprint density at radius 1 is 1.42 bits per heavy atom. The van der Waals surface area contributed by atoms with Gasteiger partial charge in [0.1, 0.15) is 11.7 Å². The molecule has 2 aromatic heterocycles. The van der Waals surface area contributed by atoms with Crippen molar-refractivity contribution in [3.63, 3.8) is 0 Å². The van der Waals surface area contributed by atoms with Gasteiger partial charge in [0, 0.05) is 17.6 Å².